The largest absolute Gasteiger partial charge is 0.315 e. The van der Waals surface area contributed by atoms with E-state index in [1.165, 1.54) is 6.42 Å². The molecule has 1 fully saturated rings. The minimum atomic E-state index is 0.293. The van der Waals surface area contributed by atoms with E-state index in [1.807, 2.05) is 0 Å². The van der Waals surface area contributed by atoms with E-state index >= 15 is 0 Å². The van der Waals surface area contributed by atoms with Gasteiger partial charge in [0.1, 0.15) is 0 Å². The lowest BCUT2D eigenvalue weighted by Gasteiger charge is -2.13. The molecule has 0 radical (unpaired) electrons. The second-order valence-electron chi connectivity index (χ2n) is 3.76. The molecule has 2 heteroatoms. The molecule has 1 aliphatic heterocycles. The number of nitrogens with one attached hydrogen (secondary N) is 1. The van der Waals surface area contributed by atoms with E-state index in [9.17, 15) is 0 Å². The van der Waals surface area contributed by atoms with Gasteiger partial charge in [-0.05, 0) is 18.3 Å². The van der Waals surface area contributed by atoms with Gasteiger partial charge >= 0.3 is 0 Å². The van der Waals surface area contributed by atoms with Crippen LogP contribution < -0.4 is 11.1 Å². The lowest BCUT2D eigenvalue weighted by Crippen LogP contribution is -2.11. The van der Waals surface area contributed by atoms with Crippen molar-refractivity contribution in [3.63, 3.8) is 0 Å². The third kappa shape index (κ3) is 1.96. The zero-order chi connectivity index (χ0) is 7.72. The summed E-state index contributed by atoms with van der Waals surface area (Å²) in [6.07, 6.45) is 1.53. The number of nitrogens with two attached hydrogens (primary N) is 1. The Balaban J connectivity index is 2.13. The van der Waals surface area contributed by atoms with E-state index in [2.05, 4.69) is 26.1 Å². The lowest BCUT2D eigenvalue weighted by atomic mass is 9.93. The first-order valence-electron chi connectivity index (χ1n) is 4.13. The molecule has 2 nitrogen and oxygen atoms in total. The van der Waals surface area contributed by atoms with Crippen molar-refractivity contribution < 1.29 is 0 Å². The van der Waals surface area contributed by atoms with Crippen LogP contribution in [0.1, 0.15) is 27.2 Å². The van der Waals surface area contributed by atoms with E-state index in [0.29, 0.717) is 12.2 Å². The van der Waals surface area contributed by atoms with Gasteiger partial charge in [0.25, 0.3) is 0 Å². The Morgan fingerprint density at radius 2 is 1.90 bits per heavy atom. The molecule has 0 aromatic carbocycles. The molecule has 3 atom stereocenters. The maximum absolute atomic E-state index is 5.60. The first-order valence-corrected chi connectivity index (χ1v) is 4.13. The van der Waals surface area contributed by atoms with Gasteiger partial charge in [0.05, 0.1) is 6.17 Å². The van der Waals surface area contributed by atoms with Gasteiger partial charge in [-0.25, -0.2) is 0 Å². The SMILES string of the molecule is CC(C)C(C)CC1NC1N. The van der Waals surface area contributed by atoms with Crippen LogP contribution in [0.2, 0.25) is 0 Å². The van der Waals surface area contributed by atoms with Crippen molar-refractivity contribution in [1.82, 2.24) is 5.32 Å². The standard InChI is InChI=1S/C8H18N2/c1-5(2)6(3)4-7-8(9)10-7/h5-8,10H,4,9H2,1-3H3. The van der Waals surface area contributed by atoms with Crippen LogP contribution in [0.5, 0.6) is 0 Å². The average Bonchev–Trinajstić information content (AvgIpc) is 2.46. The molecule has 0 amide bonds. The fraction of sp³-hybridized carbons (Fsp3) is 1.00. The van der Waals surface area contributed by atoms with Crippen LogP contribution in [0.3, 0.4) is 0 Å². The highest BCUT2D eigenvalue weighted by molar-refractivity contribution is 4.93. The van der Waals surface area contributed by atoms with Crippen LogP contribution in [0.25, 0.3) is 0 Å². The van der Waals surface area contributed by atoms with Gasteiger partial charge in [0.15, 0.2) is 0 Å². The van der Waals surface area contributed by atoms with Gasteiger partial charge in [-0.2, -0.15) is 0 Å². The van der Waals surface area contributed by atoms with Crippen LogP contribution in [0.4, 0.5) is 0 Å². The highest BCUT2D eigenvalue weighted by Gasteiger charge is 2.33. The summed E-state index contributed by atoms with van der Waals surface area (Å²) < 4.78 is 0. The predicted octanol–water partition coefficient (Wildman–Crippen LogP) is 0.925. The van der Waals surface area contributed by atoms with Gasteiger partial charge in [0.2, 0.25) is 0 Å². The quantitative estimate of drug-likeness (QED) is 0.576. The Morgan fingerprint density at radius 1 is 1.40 bits per heavy atom. The normalized spacial score (nSPS) is 34.5. The Hall–Kier alpha value is -0.0800. The third-order valence-corrected chi connectivity index (χ3v) is 2.49. The maximum Gasteiger partial charge on any atom is 0.0708 e. The summed E-state index contributed by atoms with van der Waals surface area (Å²) >= 11 is 0. The molecule has 1 rings (SSSR count). The molecule has 1 aliphatic rings. The summed E-state index contributed by atoms with van der Waals surface area (Å²) in [6.45, 7) is 6.81. The van der Waals surface area contributed by atoms with Crippen molar-refractivity contribution in [2.45, 2.75) is 39.4 Å². The molecule has 0 aromatic heterocycles. The van der Waals surface area contributed by atoms with Crippen LogP contribution >= 0.6 is 0 Å². The summed E-state index contributed by atoms with van der Waals surface area (Å²) in [6, 6.07) is 0.609. The van der Waals surface area contributed by atoms with E-state index in [1.54, 1.807) is 0 Å². The van der Waals surface area contributed by atoms with Crippen molar-refractivity contribution in [2.75, 3.05) is 0 Å². The van der Waals surface area contributed by atoms with Crippen molar-refractivity contribution in [1.29, 1.82) is 0 Å². The predicted molar refractivity (Wildman–Crippen MR) is 43.5 cm³/mol. The van der Waals surface area contributed by atoms with Gasteiger partial charge < -0.3 is 5.73 Å². The highest BCUT2D eigenvalue weighted by Crippen LogP contribution is 2.21. The van der Waals surface area contributed by atoms with E-state index in [4.69, 9.17) is 5.73 Å². The van der Waals surface area contributed by atoms with E-state index in [0.717, 1.165) is 11.8 Å². The average molecular weight is 142 g/mol. The number of hydrogen-bond donors (Lipinski definition) is 2. The van der Waals surface area contributed by atoms with Crippen molar-refractivity contribution in [2.24, 2.45) is 17.6 Å². The van der Waals surface area contributed by atoms with Gasteiger partial charge in [-0.15, -0.1) is 0 Å². The zero-order valence-electron chi connectivity index (χ0n) is 7.09. The van der Waals surface area contributed by atoms with Gasteiger partial charge in [0, 0.05) is 6.04 Å². The minimum absolute atomic E-state index is 0.293. The molecule has 60 valence electrons. The number of hydrogen-bond acceptors (Lipinski definition) is 2. The zero-order valence-corrected chi connectivity index (χ0v) is 7.09. The second kappa shape index (κ2) is 2.89. The van der Waals surface area contributed by atoms with Crippen molar-refractivity contribution in [3.8, 4) is 0 Å². The van der Waals surface area contributed by atoms with Crippen molar-refractivity contribution >= 4 is 0 Å². The Bertz CT molecular complexity index is 112. The highest BCUT2D eigenvalue weighted by atomic mass is 15.2. The first kappa shape index (κ1) is 8.02. The molecule has 0 bridgehead atoms. The van der Waals surface area contributed by atoms with E-state index < -0.39 is 0 Å². The van der Waals surface area contributed by atoms with Crippen LogP contribution in [-0.2, 0) is 0 Å². The summed E-state index contributed by atoms with van der Waals surface area (Å²) in [5.41, 5.74) is 5.60. The molecule has 0 aliphatic carbocycles. The second-order valence-corrected chi connectivity index (χ2v) is 3.76. The van der Waals surface area contributed by atoms with Crippen molar-refractivity contribution in [3.05, 3.63) is 0 Å². The molecular weight excluding hydrogens is 124 g/mol. The lowest BCUT2D eigenvalue weighted by molar-refractivity contribution is 0.388. The molecule has 0 aromatic rings. The molecular formula is C8H18N2. The maximum atomic E-state index is 5.60. The Morgan fingerprint density at radius 3 is 2.20 bits per heavy atom. The Labute approximate surface area is 63.2 Å². The summed E-state index contributed by atoms with van der Waals surface area (Å²) in [7, 11) is 0. The van der Waals surface area contributed by atoms with E-state index in [-0.39, 0.29) is 0 Å². The first-order chi connectivity index (χ1) is 4.61. The molecule has 0 saturated carbocycles. The molecule has 1 saturated heterocycles. The van der Waals surface area contributed by atoms with Crippen LogP contribution in [-0.4, -0.2) is 12.2 Å². The minimum Gasteiger partial charge on any atom is -0.315 e. The third-order valence-electron chi connectivity index (χ3n) is 2.49. The smallest absolute Gasteiger partial charge is 0.0708 e. The Kier molecular flexibility index (Phi) is 2.32. The fourth-order valence-electron chi connectivity index (χ4n) is 1.08. The molecule has 1 heterocycles. The van der Waals surface area contributed by atoms with Gasteiger partial charge in [-0.1, -0.05) is 20.8 Å². The van der Waals surface area contributed by atoms with Gasteiger partial charge in [-0.3, -0.25) is 5.32 Å². The molecule has 3 N–H and O–H groups in total. The summed E-state index contributed by atoms with van der Waals surface area (Å²) in [5.74, 6) is 1.58. The number of rotatable bonds is 3. The molecule has 3 unspecified atom stereocenters. The monoisotopic (exact) mass is 142 g/mol. The molecule has 10 heavy (non-hydrogen) atoms. The summed E-state index contributed by atoms with van der Waals surface area (Å²) in [4.78, 5) is 0. The van der Waals surface area contributed by atoms with Crippen LogP contribution in [0.15, 0.2) is 0 Å². The fourth-order valence-corrected chi connectivity index (χ4v) is 1.08. The summed E-state index contributed by atoms with van der Waals surface area (Å²) in [5, 5.41) is 3.20. The van der Waals surface area contributed by atoms with Crippen LogP contribution in [0, 0.1) is 11.8 Å². The molecule has 0 spiro atoms. The topological polar surface area (TPSA) is 48.0 Å².